The molecule has 0 saturated heterocycles. The second kappa shape index (κ2) is 5.27. The van der Waals surface area contributed by atoms with E-state index in [4.69, 9.17) is 4.74 Å². The molecule has 0 aliphatic heterocycles. The number of hydrogen-bond donors (Lipinski definition) is 0. The summed E-state index contributed by atoms with van der Waals surface area (Å²) in [5.41, 5.74) is 6.41. The van der Waals surface area contributed by atoms with Gasteiger partial charge in [0.1, 0.15) is 12.0 Å². The van der Waals surface area contributed by atoms with Crippen molar-refractivity contribution in [3.63, 3.8) is 0 Å². The molecule has 0 aliphatic carbocycles. The van der Waals surface area contributed by atoms with Gasteiger partial charge in [0.25, 0.3) is 0 Å². The number of methoxy groups -OCH3 is 1. The number of rotatable bonds is 3. The predicted octanol–water partition coefficient (Wildman–Crippen LogP) is 4.10. The number of carbonyl (C=O) groups excluding carboxylic acids is 1. The molecule has 0 heterocycles. The molecule has 0 spiro atoms. The van der Waals surface area contributed by atoms with Crippen molar-refractivity contribution >= 4 is 6.29 Å². The van der Waals surface area contributed by atoms with E-state index in [1.54, 1.807) is 13.2 Å². The molecule has 0 N–H and O–H groups in total. The third-order valence-electron chi connectivity index (χ3n) is 3.31. The van der Waals surface area contributed by atoms with Crippen LogP contribution in [0.3, 0.4) is 0 Å². The molecule has 98 valence electrons. The smallest absolute Gasteiger partial charge is 0.150 e. The average Bonchev–Trinajstić information content (AvgIpc) is 2.37. The van der Waals surface area contributed by atoms with Gasteiger partial charge in [0.05, 0.1) is 7.11 Å². The van der Waals surface area contributed by atoms with E-state index >= 15 is 0 Å². The maximum Gasteiger partial charge on any atom is 0.150 e. The Labute approximate surface area is 114 Å². The lowest BCUT2D eigenvalue weighted by molar-refractivity contribution is 0.112. The van der Waals surface area contributed by atoms with Gasteiger partial charge >= 0.3 is 0 Å². The standard InChI is InChI=1S/C17H18O2/c1-11-7-12(2)17(13(3)8-11)15-9-14(10-18)5-6-16(15)19-4/h5-10H,1-4H3. The molecule has 0 unspecified atom stereocenters. The molecule has 0 aromatic heterocycles. The summed E-state index contributed by atoms with van der Waals surface area (Å²) in [6.45, 7) is 6.26. The minimum Gasteiger partial charge on any atom is -0.496 e. The molecule has 19 heavy (non-hydrogen) atoms. The highest BCUT2D eigenvalue weighted by molar-refractivity contribution is 5.83. The molecule has 2 rings (SSSR count). The quantitative estimate of drug-likeness (QED) is 0.771. The molecule has 2 aromatic carbocycles. The molecule has 2 aromatic rings. The van der Waals surface area contributed by atoms with Gasteiger partial charge in [0.15, 0.2) is 0 Å². The minimum atomic E-state index is 0.662. The summed E-state index contributed by atoms with van der Waals surface area (Å²) in [6.07, 6.45) is 0.863. The van der Waals surface area contributed by atoms with E-state index < -0.39 is 0 Å². The zero-order valence-corrected chi connectivity index (χ0v) is 11.8. The Morgan fingerprint density at radius 3 is 2.16 bits per heavy atom. The fourth-order valence-corrected chi connectivity index (χ4v) is 2.60. The third kappa shape index (κ3) is 2.53. The Morgan fingerprint density at radius 1 is 1.00 bits per heavy atom. The van der Waals surface area contributed by atoms with E-state index in [-0.39, 0.29) is 0 Å². The number of hydrogen-bond acceptors (Lipinski definition) is 2. The zero-order valence-electron chi connectivity index (χ0n) is 11.8. The van der Waals surface area contributed by atoms with Crippen LogP contribution in [0.15, 0.2) is 30.3 Å². The van der Waals surface area contributed by atoms with E-state index in [2.05, 4.69) is 32.9 Å². The van der Waals surface area contributed by atoms with Crippen LogP contribution < -0.4 is 4.74 Å². The van der Waals surface area contributed by atoms with Crippen molar-refractivity contribution < 1.29 is 9.53 Å². The van der Waals surface area contributed by atoms with Crippen LogP contribution in [0, 0.1) is 20.8 Å². The third-order valence-corrected chi connectivity index (χ3v) is 3.31. The second-order valence-corrected chi connectivity index (χ2v) is 4.85. The first-order valence-corrected chi connectivity index (χ1v) is 6.28. The van der Waals surface area contributed by atoms with Gasteiger partial charge in [-0.2, -0.15) is 0 Å². The van der Waals surface area contributed by atoms with Crippen LogP contribution in [0.1, 0.15) is 27.0 Å². The molecule has 0 saturated carbocycles. The predicted molar refractivity (Wildman–Crippen MR) is 78.0 cm³/mol. The SMILES string of the molecule is COc1ccc(C=O)cc1-c1c(C)cc(C)cc1C. The van der Waals surface area contributed by atoms with Crippen molar-refractivity contribution in [1.82, 2.24) is 0 Å². The lowest BCUT2D eigenvalue weighted by Gasteiger charge is -2.15. The van der Waals surface area contributed by atoms with Gasteiger partial charge < -0.3 is 4.74 Å². The summed E-state index contributed by atoms with van der Waals surface area (Å²) >= 11 is 0. The molecule has 0 radical (unpaired) electrons. The van der Waals surface area contributed by atoms with Crippen LogP contribution in [-0.4, -0.2) is 13.4 Å². The maximum atomic E-state index is 11.0. The van der Waals surface area contributed by atoms with Crippen molar-refractivity contribution in [2.24, 2.45) is 0 Å². The van der Waals surface area contributed by atoms with Gasteiger partial charge in [0.2, 0.25) is 0 Å². The Morgan fingerprint density at radius 2 is 1.63 bits per heavy atom. The number of aryl methyl sites for hydroxylation is 3. The summed E-state index contributed by atoms with van der Waals surface area (Å²) in [5.74, 6) is 0.792. The lowest BCUT2D eigenvalue weighted by Crippen LogP contribution is -1.95. The summed E-state index contributed by atoms with van der Waals surface area (Å²) < 4.78 is 5.42. The first kappa shape index (κ1) is 13.3. The van der Waals surface area contributed by atoms with Crippen LogP contribution >= 0.6 is 0 Å². The van der Waals surface area contributed by atoms with Crippen LogP contribution in [0.2, 0.25) is 0 Å². The fourth-order valence-electron chi connectivity index (χ4n) is 2.60. The highest BCUT2D eigenvalue weighted by Crippen LogP contribution is 2.35. The minimum absolute atomic E-state index is 0.662. The van der Waals surface area contributed by atoms with Gasteiger partial charge in [-0.25, -0.2) is 0 Å². The lowest BCUT2D eigenvalue weighted by atomic mass is 9.92. The van der Waals surface area contributed by atoms with Crippen LogP contribution in [-0.2, 0) is 0 Å². The van der Waals surface area contributed by atoms with E-state index in [1.807, 2.05) is 12.1 Å². The Bertz CT molecular complexity index is 604. The van der Waals surface area contributed by atoms with E-state index in [9.17, 15) is 4.79 Å². The van der Waals surface area contributed by atoms with Gasteiger partial charge in [0, 0.05) is 11.1 Å². The van der Waals surface area contributed by atoms with Crippen molar-refractivity contribution in [2.75, 3.05) is 7.11 Å². The second-order valence-electron chi connectivity index (χ2n) is 4.85. The number of aldehydes is 1. The van der Waals surface area contributed by atoms with E-state index in [0.29, 0.717) is 5.56 Å². The Balaban J connectivity index is 2.73. The molecule has 2 nitrogen and oxygen atoms in total. The molecular formula is C17H18O2. The topological polar surface area (TPSA) is 26.3 Å². The molecule has 2 heteroatoms. The highest BCUT2D eigenvalue weighted by Gasteiger charge is 2.12. The monoisotopic (exact) mass is 254 g/mol. The van der Waals surface area contributed by atoms with Gasteiger partial charge in [-0.05, 0) is 55.7 Å². The summed E-state index contributed by atoms with van der Waals surface area (Å²) in [6, 6.07) is 9.80. The van der Waals surface area contributed by atoms with Crippen molar-refractivity contribution in [3.05, 3.63) is 52.6 Å². The van der Waals surface area contributed by atoms with Gasteiger partial charge in [-0.3, -0.25) is 4.79 Å². The fraction of sp³-hybridized carbons (Fsp3) is 0.235. The first-order valence-electron chi connectivity index (χ1n) is 6.28. The summed E-state index contributed by atoms with van der Waals surface area (Å²) in [5, 5.41) is 0. The van der Waals surface area contributed by atoms with Crippen molar-refractivity contribution in [3.8, 4) is 16.9 Å². The molecule has 0 atom stereocenters. The summed E-state index contributed by atoms with van der Waals surface area (Å²) in [7, 11) is 1.65. The number of ether oxygens (including phenoxy) is 1. The largest absolute Gasteiger partial charge is 0.496 e. The molecule has 0 fully saturated rings. The van der Waals surface area contributed by atoms with Gasteiger partial charge in [-0.15, -0.1) is 0 Å². The van der Waals surface area contributed by atoms with Gasteiger partial charge in [-0.1, -0.05) is 17.7 Å². The number of carbonyl (C=O) groups is 1. The summed E-state index contributed by atoms with van der Waals surface area (Å²) in [4.78, 5) is 11.0. The first-order chi connectivity index (χ1) is 9.06. The Kier molecular flexibility index (Phi) is 3.70. The number of benzene rings is 2. The highest BCUT2D eigenvalue weighted by atomic mass is 16.5. The van der Waals surface area contributed by atoms with Crippen LogP contribution in [0.5, 0.6) is 5.75 Å². The zero-order chi connectivity index (χ0) is 14.0. The average molecular weight is 254 g/mol. The van der Waals surface area contributed by atoms with Crippen molar-refractivity contribution in [1.29, 1.82) is 0 Å². The molecular weight excluding hydrogens is 236 g/mol. The van der Waals surface area contributed by atoms with Crippen LogP contribution in [0.4, 0.5) is 0 Å². The van der Waals surface area contributed by atoms with E-state index in [1.165, 1.54) is 16.7 Å². The maximum absolute atomic E-state index is 11.0. The van der Waals surface area contributed by atoms with E-state index in [0.717, 1.165) is 23.2 Å². The molecule has 0 amide bonds. The molecule has 0 bridgehead atoms. The Hall–Kier alpha value is -2.09. The normalized spacial score (nSPS) is 10.3. The van der Waals surface area contributed by atoms with Crippen LogP contribution in [0.25, 0.3) is 11.1 Å². The molecule has 0 aliphatic rings. The van der Waals surface area contributed by atoms with Crippen molar-refractivity contribution in [2.45, 2.75) is 20.8 Å².